The lowest BCUT2D eigenvalue weighted by molar-refractivity contribution is 0.268. The van der Waals surface area contributed by atoms with E-state index in [9.17, 15) is 0 Å². The van der Waals surface area contributed by atoms with E-state index in [0.717, 1.165) is 13.0 Å². The maximum absolute atomic E-state index is 8.90. The minimum Gasteiger partial charge on any atom is -0.302 e. The van der Waals surface area contributed by atoms with Crippen molar-refractivity contribution in [2.24, 2.45) is 5.41 Å². The number of nitrogens with zero attached hydrogens (tertiary/aromatic N) is 2. The summed E-state index contributed by atoms with van der Waals surface area (Å²) in [6.45, 7) is 7.47. The topological polar surface area (TPSA) is 27.0 Å². The first-order valence-corrected chi connectivity index (χ1v) is 7.51. The number of rotatable bonds is 3. The second-order valence-electron chi connectivity index (χ2n) is 4.23. The van der Waals surface area contributed by atoms with Gasteiger partial charge in [-0.3, -0.25) is 0 Å². The van der Waals surface area contributed by atoms with E-state index in [1.54, 1.807) is 0 Å². The quantitative estimate of drug-likeness (QED) is 0.697. The van der Waals surface area contributed by atoms with Gasteiger partial charge in [-0.15, -0.1) is 0 Å². The molecule has 0 N–H and O–H groups in total. The molecule has 0 unspecified atom stereocenters. The number of hydrogen-bond acceptors (Lipinski definition) is 4. The molecule has 0 bridgehead atoms. The van der Waals surface area contributed by atoms with Crippen LogP contribution in [0.15, 0.2) is 0 Å². The Morgan fingerprint density at radius 2 is 1.86 bits per heavy atom. The molecule has 1 aliphatic rings. The van der Waals surface area contributed by atoms with Gasteiger partial charge in [-0.2, -0.15) is 5.26 Å². The van der Waals surface area contributed by atoms with Gasteiger partial charge in [0.1, 0.15) is 0 Å². The van der Waals surface area contributed by atoms with E-state index in [-0.39, 0.29) is 5.41 Å². The molecule has 0 aromatic carbocycles. The van der Waals surface area contributed by atoms with E-state index < -0.39 is 0 Å². The van der Waals surface area contributed by atoms with Crippen molar-refractivity contribution in [3.63, 3.8) is 0 Å². The average Bonchev–Trinajstić information content (AvgIpc) is 2.43. The molecular weight excluding hydrogens is 212 g/mol. The fourth-order valence-electron chi connectivity index (χ4n) is 1.28. The van der Waals surface area contributed by atoms with E-state index in [1.807, 2.05) is 35.4 Å². The molecule has 0 aromatic heterocycles. The third-order valence-electron chi connectivity index (χ3n) is 2.42. The molecule has 0 radical (unpaired) electrons. The van der Waals surface area contributed by atoms with Gasteiger partial charge in [-0.1, -0.05) is 21.6 Å². The Morgan fingerprint density at radius 3 is 2.36 bits per heavy atom. The van der Waals surface area contributed by atoms with Crippen molar-refractivity contribution in [1.82, 2.24) is 4.90 Å². The summed E-state index contributed by atoms with van der Waals surface area (Å²) in [5.41, 5.74) is -0.160. The average molecular weight is 230 g/mol. The lowest BCUT2D eigenvalue weighted by Crippen LogP contribution is -2.30. The molecule has 1 rings (SSSR count). The molecule has 2 nitrogen and oxygen atoms in total. The molecule has 0 amide bonds. The Kier molecular flexibility index (Phi) is 5.14. The molecule has 1 aliphatic heterocycles. The van der Waals surface area contributed by atoms with Crippen LogP contribution in [0.4, 0.5) is 0 Å². The molecule has 0 aromatic rings. The Balaban J connectivity index is 2.26. The molecule has 4 heteroatoms. The van der Waals surface area contributed by atoms with E-state index in [0.29, 0.717) is 0 Å². The fraction of sp³-hybridized carbons (Fsp3) is 0.900. The molecular formula is C10H18N2S2. The summed E-state index contributed by atoms with van der Waals surface area (Å²) in [6, 6.07) is 2.36. The zero-order chi connectivity index (χ0) is 10.4. The zero-order valence-electron chi connectivity index (χ0n) is 8.95. The van der Waals surface area contributed by atoms with E-state index >= 15 is 0 Å². The van der Waals surface area contributed by atoms with Crippen molar-refractivity contribution < 1.29 is 0 Å². The molecule has 1 heterocycles. The van der Waals surface area contributed by atoms with Gasteiger partial charge in [0.25, 0.3) is 0 Å². The Hall–Kier alpha value is 0.150. The summed E-state index contributed by atoms with van der Waals surface area (Å²) in [5, 5.41) is 8.90. The van der Waals surface area contributed by atoms with Crippen molar-refractivity contribution in [3.05, 3.63) is 0 Å². The summed E-state index contributed by atoms with van der Waals surface area (Å²) < 4.78 is 0. The minimum absolute atomic E-state index is 0.160. The molecule has 0 spiro atoms. The van der Waals surface area contributed by atoms with Crippen LogP contribution in [0, 0.1) is 16.7 Å². The SMILES string of the molecule is CC(C)(C#N)CCN1CCSSCC1. The summed E-state index contributed by atoms with van der Waals surface area (Å²) in [7, 11) is 3.94. The molecule has 1 saturated heterocycles. The lowest BCUT2D eigenvalue weighted by Gasteiger charge is -2.23. The van der Waals surface area contributed by atoms with Gasteiger partial charge in [0, 0.05) is 24.6 Å². The van der Waals surface area contributed by atoms with Crippen LogP contribution in [0.25, 0.3) is 0 Å². The van der Waals surface area contributed by atoms with Crippen LogP contribution in [-0.2, 0) is 0 Å². The van der Waals surface area contributed by atoms with E-state index in [4.69, 9.17) is 5.26 Å². The third-order valence-corrected chi connectivity index (χ3v) is 4.79. The largest absolute Gasteiger partial charge is 0.302 e. The van der Waals surface area contributed by atoms with Crippen LogP contribution < -0.4 is 0 Å². The van der Waals surface area contributed by atoms with Crippen LogP contribution in [0.5, 0.6) is 0 Å². The van der Waals surface area contributed by atoms with Crippen LogP contribution in [-0.4, -0.2) is 36.0 Å². The molecule has 1 fully saturated rings. The van der Waals surface area contributed by atoms with Gasteiger partial charge in [0.05, 0.1) is 11.5 Å². The Morgan fingerprint density at radius 1 is 1.29 bits per heavy atom. The zero-order valence-corrected chi connectivity index (χ0v) is 10.6. The van der Waals surface area contributed by atoms with Crippen molar-refractivity contribution in [3.8, 4) is 6.07 Å². The predicted molar refractivity (Wildman–Crippen MR) is 65.4 cm³/mol. The third kappa shape index (κ3) is 4.59. The van der Waals surface area contributed by atoms with Gasteiger partial charge in [-0.25, -0.2) is 0 Å². The first-order valence-electron chi connectivity index (χ1n) is 5.02. The maximum Gasteiger partial charge on any atom is 0.0684 e. The highest BCUT2D eigenvalue weighted by Crippen LogP contribution is 2.25. The maximum atomic E-state index is 8.90. The van der Waals surface area contributed by atoms with Crippen molar-refractivity contribution in [1.29, 1.82) is 5.26 Å². The monoisotopic (exact) mass is 230 g/mol. The summed E-state index contributed by atoms with van der Waals surface area (Å²) in [6.07, 6.45) is 0.985. The van der Waals surface area contributed by atoms with E-state index in [2.05, 4.69) is 11.0 Å². The predicted octanol–water partition coefficient (Wildman–Crippen LogP) is 2.62. The molecule has 0 saturated carbocycles. The Labute approximate surface area is 94.8 Å². The normalized spacial score (nSPS) is 20.1. The summed E-state index contributed by atoms with van der Waals surface area (Å²) in [5.74, 6) is 2.44. The van der Waals surface area contributed by atoms with Gasteiger partial charge in [0.2, 0.25) is 0 Å². The second kappa shape index (κ2) is 5.89. The second-order valence-corrected chi connectivity index (χ2v) is 6.93. The summed E-state index contributed by atoms with van der Waals surface area (Å²) in [4.78, 5) is 2.48. The van der Waals surface area contributed by atoms with Crippen LogP contribution in [0.3, 0.4) is 0 Å². The molecule has 0 aliphatic carbocycles. The van der Waals surface area contributed by atoms with Crippen LogP contribution in [0.1, 0.15) is 20.3 Å². The number of nitriles is 1. The first-order chi connectivity index (χ1) is 6.64. The van der Waals surface area contributed by atoms with E-state index in [1.165, 1.54) is 24.6 Å². The standard InChI is InChI=1S/C10H18N2S2/c1-10(2,9-11)3-4-12-5-7-13-14-8-6-12/h3-8H2,1-2H3. The highest BCUT2D eigenvalue weighted by atomic mass is 33.1. The fourth-order valence-corrected chi connectivity index (χ4v) is 3.34. The molecule has 0 atom stereocenters. The van der Waals surface area contributed by atoms with Gasteiger partial charge in [-0.05, 0) is 26.8 Å². The van der Waals surface area contributed by atoms with Crippen LogP contribution >= 0.6 is 21.6 Å². The Bertz CT molecular complexity index is 203. The van der Waals surface area contributed by atoms with Crippen molar-refractivity contribution in [2.75, 3.05) is 31.1 Å². The summed E-state index contributed by atoms with van der Waals surface area (Å²) >= 11 is 0. The number of hydrogen-bond donors (Lipinski definition) is 0. The smallest absolute Gasteiger partial charge is 0.0684 e. The van der Waals surface area contributed by atoms with Crippen molar-refractivity contribution >= 4 is 21.6 Å². The highest BCUT2D eigenvalue weighted by molar-refractivity contribution is 8.76. The van der Waals surface area contributed by atoms with Gasteiger partial charge < -0.3 is 4.90 Å². The first kappa shape index (κ1) is 12.2. The lowest BCUT2D eigenvalue weighted by atomic mass is 9.91. The van der Waals surface area contributed by atoms with Gasteiger partial charge >= 0.3 is 0 Å². The van der Waals surface area contributed by atoms with Crippen molar-refractivity contribution in [2.45, 2.75) is 20.3 Å². The van der Waals surface area contributed by atoms with Gasteiger partial charge in [0.15, 0.2) is 0 Å². The van der Waals surface area contributed by atoms with Crippen LogP contribution in [0.2, 0.25) is 0 Å². The minimum atomic E-state index is -0.160. The molecule has 14 heavy (non-hydrogen) atoms. The molecule has 80 valence electrons. The highest BCUT2D eigenvalue weighted by Gasteiger charge is 2.18.